The van der Waals surface area contributed by atoms with E-state index in [0.29, 0.717) is 21.2 Å². The molecular formula is C5H10IO-. The summed E-state index contributed by atoms with van der Waals surface area (Å²) in [4.78, 5) is 0. The number of allylic oxidation sites excluding steroid dienone is 1. The summed E-state index contributed by atoms with van der Waals surface area (Å²) in [6.45, 7) is 0. The van der Waals surface area contributed by atoms with Crippen LogP contribution in [0.15, 0.2) is 10.2 Å². The predicted molar refractivity (Wildman–Crippen MR) is 26.9 cm³/mol. The quantitative estimate of drug-likeness (QED) is 0.316. The molecule has 2 heteroatoms. The molecule has 0 saturated carbocycles. The summed E-state index contributed by atoms with van der Waals surface area (Å²) in [6, 6.07) is 0. The van der Waals surface area contributed by atoms with E-state index in [9.17, 15) is 0 Å². The van der Waals surface area contributed by atoms with Crippen molar-refractivity contribution in [3.05, 3.63) is 10.2 Å². The maximum absolute atomic E-state index is 2.38. The molecule has 0 radical (unpaired) electrons. The maximum Gasteiger partial charge on any atom is -0.412 e. The van der Waals surface area contributed by atoms with Gasteiger partial charge in [-0.1, -0.05) is 0 Å². The van der Waals surface area contributed by atoms with Crippen LogP contribution in [0, 0.1) is 0 Å². The topological polar surface area (TPSA) is 31.5 Å². The molecular weight excluding hydrogens is 203 g/mol. The molecule has 0 amide bonds. The number of hydrogen-bond donors (Lipinski definition) is 0. The first kappa shape index (κ1) is 7.43. The molecule has 0 aromatic carbocycles. The number of halogens is 1. The third-order valence-electron chi connectivity index (χ3n) is 0.792. The van der Waals surface area contributed by atoms with Gasteiger partial charge in [0.05, 0.1) is 0 Å². The van der Waals surface area contributed by atoms with E-state index in [-0.39, 0.29) is 5.48 Å². The molecule has 0 aromatic rings. The molecule has 0 aliphatic carbocycles. The SMILES string of the molecule is C1=C[I-]CCC1.O. The van der Waals surface area contributed by atoms with Gasteiger partial charge in [-0.3, -0.25) is 0 Å². The van der Waals surface area contributed by atoms with E-state index in [1.54, 1.807) is 0 Å². The van der Waals surface area contributed by atoms with Crippen molar-refractivity contribution in [3.8, 4) is 0 Å². The van der Waals surface area contributed by atoms with Crippen LogP contribution in [0.2, 0.25) is 0 Å². The third kappa shape index (κ3) is 3.05. The largest absolute Gasteiger partial charge is 0.412 e. The first-order valence-corrected chi connectivity index (χ1v) is 5.00. The van der Waals surface area contributed by atoms with Crippen LogP contribution in [0.4, 0.5) is 0 Å². The fraction of sp³-hybridized carbons (Fsp3) is 0.600. The van der Waals surface area contributed by atoms with E-state index in [1.807, 2.05) is 0 Å². The summed E-state index contributed by atoms with van der Waals surface area (Å²) in [5, 5.41) is 0. The van der Waals surface area contributed by atoms with E-state index < -0.39 is 0 Å². The van der Waals surface area contributed by atoms with Gasteiger partial charge in [-0.2, -0.15) is 0 Å². The van der Waals surface area contributed by atoms with Crippen LogP contribution in [-0.2, 0) is 0 Å². The van der Waals surface area contributed by atoms with E-state index in [4.69, 9.17) is 0 Å². The van der Waals surface area contributed by atoms with Crippen LogP contribution in [0.3, 0.4) is 0 Å². The van der Waals surface area contributed by atoms with Crippen molar-refractivity contribution in [1.29, 1.82) is 0 Å². The van der Waals surface area contributed by atoms with E-state index >= 15 is 0 Å². The van der Waals surface area contributed by atoms with E-state index in [0.717, 1.165) is 0 Å². The zero-order valence-electron chi connectivity index (χ0n) is 4.15. The Kier molecular flexibility index (Phi) is 4.87. The predicted octanol–water partition coefficient (Wildman–Crippen LogP) is -2.44. The van der Waals surface area contributed by atoms with Crippen molar-refractivity contribution in [2.75, 3.05) is 4.43 Å². The van der Waals surface area contributed by atoms with Crippen molar-refractivity contribution in [2.45, 2.75) is 12.8 Å². The van der Waals surface area contributed by atoms with Gasteiger partial charge in [0.25, 0.3) is 0 Å². The maximum atomic E-state index is 2.38. The van der Waals surface area contributed by atoms with Gasteiger partial charge in [-0.15, -0.1) is 0 Å². The Bertz CT molecular complexity index is 53.1. The second kappa shape index (κ2) is 4.59. The van der Waals surface area contributed by atoms with Crippen LogP contribution < -0.4 is 21.2 Å². The summed E-state index contributed by atoms with van der Waals surface area (Å²) < 4.78 is 3.90. The normalized spacial score (nSPS) is 19.4. The third-order valence-corrected chi connectivity index (χ3v) is 3.19. The van der Waals surface area contributed by atoms with Gasteiger partial charge in [0.2, 0.25) is 0 Å². The Hall–Kier alpha value is 0.430. The summed E-state index contributed by atoms with van der Waals surface area (Å²) in [7, 11) is 0. The van der Waals surface area contributed by atoms with Crippen molar-refractivity contribution in [3.63, 3.8) is 0 Å². The Morgan fingerprint density at radius 2 is 2.29 bits per heavy atom. The molecule has 0 unspecified atom stereocenters. The minimum atomic E-state index is 0. The molecule has 1 nitrogen and oxygen atoms in total. The molecule has 1 heterocycles. The van der Waals surface area contributed by atoms with Crippen LogP contribution in [0.1, 0.15) is 12.8 Å². The monoisotopic (exact) mass is 213 g/mol. The van der Waals surface area contributed by atoms with Crippen molar-refractivity contribution < 1.29 is 26.7 Å². The van der Waals surface area contributed by atoms with Crippen LogP contribution in [-0.4, -0.2) is 9.90 Å². The zero-order chi connectivity index (χ0) is 4.24. The number of rotatable bonds is 0. The average molecular weight is 213 g/mol. The molecule has 0 saturated heterocycles. The number of alkyl halides is 1. The van der Waals surface area contributed by atoms with Gasteiger partial charge < -0.3 is 5.48 Å². The van der Waals surface area contributed by atoms with Gasteiger partial charge in [0.1, 0.15) is 0 Å². The molecule has 1 aliphatic heterocycles. The molecule has 7 heavy (non-hydrogen) atoms. The molecule has 0 bridgehead atoms. The second-order valence-electron chi connectivity index (χ2n) is 1.35. The minimum Gasteiger partial charge on any atom is -0.412 e. The van der Waals surface area contributed by atoms with Crippen LogP contribution in [0.5, 0.6) is 0 Å². The fourth-order valence-electron chi connectivity index (χ4n) is 0.461. The molecule has 44 valence electrons. The Balaban J connectivity index is 0.000000360. The standard InChI is InChI=1S/C5H8I.H2O/c1-2-4-6-5-3-1;/h2,4H,1,3,5H2;1H2/q-1;. The first-order valence-electron chi connectivity index (χ1n) is 2.23. The van der Waals surface area contributed by atoms with Gasteiger partial charge >= 0.3 is 48.6 Å². The molecule has 0 spiro atoms. The Labute approximate surface area is 54.4 Å². The van der Waals surface area contributed by atoms with E-state index in [1.165, 1.54) is 17.3 Å². The van der Waals surface area contributed by atoms with Gasteiger partial charge in [-0.05, 0) is 0 Å². The summed E-state index contributed by atoms with van der Waals surface area (Å²) in [5.74, 6) is 0. The first-order chi connectivity index (χ1) is 3.00. The van der Waals surface area contributed by atoms with Crippen molar-refractivity contribution >= 4 is 0 Å². The summed E-state index contributed by atoms with van der Waals surface area (Å²) in [6.07, 6.45) is 5.13. The van der Waals surface area contributed by atoms with Gasteiger partial charge in [-0.25, -0.2) is 0 Å². The zero-order valence-corrected chi connectivity index (χ0v) is 6.31. The molecule has 0 atom stereocenters. The van der Waals surface area contributed by atoms with Crippen molar-refractivity contribution in [1.82, 2.24) is 0 Å². The molecule has 0 aromatic heterocycles. The van der Waals surface area contributed by atoms with Crippen LogP contribution in [0.25, 0.3) is 0 Å². The molecule has 1 aliphatic rings. The fourth-order valence-corrected chi connectivity index (χ4v) is 2.42. The molecule has 2 N–H and O–H groups in total. The van der Waals surface area contributed by atoms with Crippen LogP contribution >= 0.6 is 0 Å². The molecule has 0 fully saturated rings. The second-order valence-corrected chi connectivity index (χ2v) is 4.03. The smallest absolute Gasteiger partial charge is 0.412 e. The Morgan fingerprint density at radius 1 is 1.43 bits per heavy atom. The summed E-state index contributed by atoms with van der Waals surface area (Å²) >= 11 is 0.534. The minimum absolute atomic E-state index is 0. The van der Waals surface area contributed by atoms with Crippen molar-refractivity contribution in [2.24, 2.45) is 0 Å². The molecule has 1 rings (SSSR count). The van der Waals surface area contributed by atoms with E-state index in [2.05, 4.69) is 10.2 Å². The van der Waals surface area contributed by atoms with Gasteiger partial charge in [0, 0.05) is 0 Å². The summed E-state index contributed by atoms with van der Waals surface area (Å²) in [5.41, 5.74) is 0. The average Bonchev–Trinajstić information content (AvgIpc) is 1.72. The Morgan fingerprint density at radius 3 is 2.43 bits per heavy atom. The number of hydrogen-bond acceptors (Lipinski definition) is 0. The van der Waals surface area contributed by atoms with Gasteiger partial charge in [0.15, 0.2) is 0 Å².